The second-order valence-corrected chi connectivity index (χ2v) is 42.5. The molecule has 0 amide bonds. The summed E-state index contributed by atoms with van der Waals surface area (Å²) in [6, 6.07) is 77.1. The van der Waals surface area contributed by atoms with Crippen molar-refractivity contribution in [1.82, 2.24) is 0 Å². The third kappa shape index (κ3) is 24.2. The Morgan fingerprint density at radius 1 is 0.293 bits per heavy atom. The van der Waals surface area contributed by atoms with Crippen molar-refractivity contribution in [3.8, 4) is 17.2 Å². The number of halogens is 1. The van der Waals surface area contributed by atoms with Gasteiger partial charge >= 0.3 is 23.9 Å². The van der Waals surface area contributed by atoms with Crippen LogP contribution in [0, 0.1) is 0 Å². The van der Waals surface area contributed by atoms with Crippen molar-refractivity contribution in [3.63, 3.8) is 0 Å². The van der Waals surface area contributed by atoms with E-state index >= 15 is 0 Å². The first-order valence-electron chi connectivity index (χ1n) is 35.4. The van der Waals surface area contributed by atoms with Gasteiger partial charge in [0.05, 0.1) is 81.2 Å². The minimum atomic E-state index is -4.08. The fraction of sp³-hybridized carbons (Fsp3) is 0.0575. The van der Waals surface area contributed by atoms with E-state index in [9.17, 15) is 102 Å². The number of benzene rings is 14. The molecule has 0 heterocycles. The standard InChI is InChI=1S/C23H16O6S2.C22H16O5S2.C16H12O3S.C9H10O5S.C9H10O4S.C8H7ClO4S/c24-23(25)16-11-12-21-17(13-16)14-20(30(26,27)18-7-3-1-4-8-18)15-22(21)31(28,29)19-9-5-2-6-10-19;23-17-11-12-21-16(13-17)14-20(28(24,25)18-7-3-1-4-8-18)15-22(21)29(26,27)19-9-5-2-6-10-19;17-14-8-6-13-11-16(9-7-12(13)10-14)20(18,19)15-4-2-1-3-5-15;1-15(12,13)8-4-2-7(3-5-8)14-6-9(10)11;1-14(12,13)8-4-2-7(3-5-8)6-9(10)11;1-14(12,13)7-4-5(9)2-3-6(7)8(10)11/h1-15H,(H,24,25);1-15,23H;1-11,17H;2-5H,6H2,1H3,(H,10,11);2-5H,6H2,1H3,(H,10,11);2-4H,1H3,(H,10,11). The van der Waals surface area contributed by atoms with Crippen LogP contribution in [0.2, 0.25) is 5.02 Å². The van der Waals surface area contributed by atoms with Gasteiger partial charge in [-0.1, -0.05) is 133 Å². The van der Waals surface area contributed by atoms with Gasteiger partial charge < -0.3 is 35.4 Å². The SMILES string of the molecule is CS(=O)(=O)c1cc(Cl)ccc1C(=O)O.CS(=O)(=O)c1ccc(CC(=O)O)cc1.CS(=O)(=O)c1ccc(OCC(=O)O)cc1.O=C(O)c1ccc2c(S(=O)(=O)c3ccccc3)cc(S(=O)(=O)c3ccccc3)cc2c1.O=S(=O)(c1ccccc1)c1cc(S(=O)(=O)c2ccccc2)c2ccc(O)cc2c1.O=S(=O)(c1ccccc1)c1ccc2cc(O)ccc2c1. The van der Waals surface area contributed by atoms with Crippen LogP contribution in [0.3, 0.4) is 0 Å². The number of hydrogen-bond acceptors (Lipinski definition) is 23. The average molecular weight is 1840 g/mol. The predicted octanol–water partition coefficient (Wildman–Crippen LogP) is 14.5. The molecule has 0 saturated heterocycles. The first-order valence-corrected chi connectivity index (χ1v) is 48.9. The van der Waals surface area contributed by atoms with Crippen LogP contribution < -0.4 is 4.74 Å². The average Bonchev–Trinajstić information content (AvgIpc) is 0.749. The lowest BCUT2D eigenvalue weighted by molar-refractivity contribution is -0.139. The number of rotatable bonds is 20. The van der Waals surface area contributed by atoms with Crippen LogP contribution in [0.15, 0.2) is 379 Å². The van der Waals surface area contributed by atoms with E-state index in [-0.39, 0.29) is 108 Å². The second kappa shape index (κ2) is 39.3. The molecule has 0 aliphatic carbocycles. The van der Waals surface area contributed by atoms with Gasteiger partial charge in [0.15, 0.2) is 36.1 Å². The summed E-state index contributed by atoms with van der Waals surface area (Å²) in [5, 5.41) is 57.0. The highest BCUT2D eigenvalue weighted by Crippen LogP contribution is 2.38. The summed E-state index contributed by atoms with van der Waals surface area (Å²) in [7, 11) is -29.5. The summed E-state index contributed by atoms with van der Waals surface area (Å²) in [6.45, 7) is -0.446. The van der Waals surface area contributed by atoms with Gasteiger partial charge in [-0.25, -0.2) is 81.7 Å². The zero-order valence-electron chi connectivity index (χ0n) is 64.3. The zero-order chi connectivity index (χ0) is 90.2. The minimum absolute atomic E-state index is 0.00629. The Balaban J connectivity index is 0.000000173. The van der Waals surface area contributed by atoms with Crippen molar-refractivity contribution in [3.05, 3.63) is 337 Å². The summed E-state index contributed by atoms with van der Waals surface area (Å²) in [6.07, 6.45) is 3.05. The van der Waals surface area contributed by atoms with Gasteiger partial charge in [-0.3, -0.25) is 4.79 Å². The van der Waals surface area contributed by atoms with Crippen LogP contribution >= 0.6 is 11.6 Å². The van der Waals surface area contributed by atoms with E-state index in [4.69, 9.17) is 31.7 Å². The highest BCUT2D eigenvalue weighted by atomic mass is 35.5. The largest absolute Gasteiger partial charge is 0.508 e. The van der Waals surface area contributed by atoms with Crippen LogP contribution in [0.5, 0.6) is 17.2 Å². The van der Waals surface area contributed by atoms with E-state index in [1.165, 1.54) is 164 Å². The molecular weight excluding hydrogens is 1770 g/mol. The molecule has 0 fully saturated rings. The van der Waals surface area contributed by atoms with E-state index in [1.807, 2.05) is 0 Å². The van der Waals surface area contributed by atoms with Gasteiger partial charge in [0.25, 0.3) is 0 Å². The summed E-state index contributed by atoms with van der Waals surface area (Å²) in [4.78, 5) is 42.6. The Hall–Kier alpha value is -13.0. The van der Waals surface area contributed by atoms with Crippen LogP contribution in [0.25, 0.3) is 32.3 Å². The molecule has 0 spiro atoms. The molecule has 27 nitrogen and oxygen atoms in total. The van der Waals surface area contributed by atoms with E-state index in [0.29, 0.717) is 22.1 Å². The number of ether oxygens (including phenoxy) is 1. The molecule has 0 aliphatic rings. The van der Waals surface area contributed by atoms with Crippen molar-refractivity contribution in [2.75, 3.05) is 25.4 Å². The zero-order valence-corrected chi connectivity index (χ0v) is 71.6. The molecule has 14 aromatic rings. The number of phenols is 2. The van der Waals surface area contributed by atoms with Crippen molar-refractivity contribution in [2.24, 2.45) is 0 Å². The smallest absolute Gasteiger partial charge is 0.341 e. The number of aromatic carboxylic acids is 2. The Kier molecular flexibility index (Phi) is 30.0. The number of aliphatic carboxylic acids is 2. The number of carboxylic acids is 4. The summed E-state index contributed by atoms with van der Waals surface area (Å²) < 4.78 is 202. The second-order valence-electron chi connectivity index (χ2n) is 26.4. The van der Waals surface area contributed by atoms with Gasteiger partial charge in [0.1, 0.15) is 17.2 Å². The molecule has 14 aromatic carbocycles. The van der Waals surface area contributed by atoms with Gasteiger partial charge in [0, 0.05) is 34.6 Å². The molecule has 6 N–H and O–H groups in total. The number of carboxylic acid groups (broad SMARTS) is 4. The van der Waals surface area contributed by atoms with Gasteiger partial charge in [0.2, 0.25) is 49.2 Å². The molecule has 14 rings (SSSR count). The van der Waals surface area contributed by atoms with Crippen molar-refractivity contribution >= 4 is 146 Å². The van der Waals surface area contributed by atoms with Crippen molar-refractivity contribution in [2.45, 2.75) is 70.1 Å². The topological polar surface area (TPSA) is 472 Å². The van der Waals surface area contributed by atoms with E-state index < -0.39 is 109 Å². The Labute approximate surface area is 712 Å². The summed E-state index contributed by atoms with van der Waals surface area (Å²) in [5.41, 5.74) is 0.242. The monoisotopic (exact) mass is 1840 g/mol. The third-order valence-corrected chi connectivity index (χ3v) is 30.0. The van der Waals surface area contributed by atoms with E-state index in [0.717, 1.165) is 41.7 Å². The molecular formula is C87H71ClO27S8. The molecule has 0 bridgehead atoms. The van der Waals surface area contributed by atoms with Crippen molar-refractivity contribution < 1.29 is 122 Å². The van der Waals surface area contributed by atoms with Crippen LogP contribution in [0.4, 0.5) is 0 Å². The van der Waals surface area contributed by atoms with Crippen LogP contribution in [0.1, 0.15) is 26.3 Å². The molecule has 123 heavy (non-hydrogen) atoms. The van der Waals surface area contributed by atoms with Crippen molar-refractivity contribution in [1.29, 1.82) is 0 Å². The van der Waals surface area contributed by atoms with E-state index in [2.05, 4.69) is 0 Å². The lowest BCUT2D eigenvalue weighted by Crippen LogP contribution is -2.09. The fourth-order valence-corrected chi connectivity index (χ4v) is 21.1. The minimum Gasteiger partial charge on any atom is -0.508 e. The lowest BCUT2D eigenvalue weighted by atomic mass is 10.1. The normalized spacial score (nSPS) is 11.7. The molecule has 0 aromatic heterocycles. The molecule has 0 aliphatic heterocycles. The van der Waals surface area contributed by atoms with Gasteiger partial charge in [-0.05, 0) is 221 Å². The Bertz CT molecular complexity index is 7310. The number of fused-ring (bicyclic) bond motifs is 3. The Morgan fingerprint density at radius 2 is 0.642 bits per heavy atom. The number of phenolic OH excluding ortho intramolecular Hbond substituents is 2. The molecule has 0 atom stereocenters. The Morgan fingerprint density at radius 3 is 1.03 bits per heavy atom. The maximum absolute atomic E-state index is 13.4. The molecule has 0 saturated carbocycles. The van der Waals surface area contributed by atoms with E-state index in [1.54, 1.807) is 140 Å². The highest BCUT2D eigenvalue weighted by Gasteiger charge is 2.29. The van der Waals surface area contributed by atoms with Gasteiger partial charge in [-0.15, -0.1) is 0 Å². The number of hydrogen-bond donors (Lipinski definition) is 6. The molecule has 636 valence electrons. The lowest BCUT2D eigenvalue weighted by Gasteiger charge is -2.13. The molecule has 0 radical (unpaired) electrons. The maximum Gasteiger partial charge on any atom is 0.341 e. The van der Waals surface area contributed by atoms with Gasteiger partial charge in [-0.2, -0.15) is 0 Å². The summed E-state index contributed by atoms with van der Waals surface area (Å²) in [5.74, 6) is -4.11. The molecule has 0 unspecified atom stereocenters. The predicted molar refractivity (Wildman–Crippen MR) is 457 cm³/mol. The van der Waals surface area contributed by atoms with Crippen LogP contribution in [-0.2, 0) is 94.7 Å². The molecule has 36 heteroatoms. The number of sulfone groups is 8. The third-order valence-electron chi connectivity index (χ3n) is 17.5. The van der Waals surface area contributed by atoms with Crippen LogP contribution in [-0.4, -0.2) is 147 Å². The number of carbonyl (C=O) groups is 4. The first-order chi connectivity index (χ1) is 57.7. The fourth-order valence-electron chi connectivity index (χ4n) is 11.5. The number of aromatic hydroxyl groups is 2. The maximum atomic E-state index is 13.4. The summed E-state index contributed by atoms with van der Waals surface area (Å²) >= 11 is 5.57. The first kappa shape index (κ1) is 93.9. The quantitative estimate of drug-likeness (QED) is 0.0413. The highest BCUT2D eigenvalue weighted by molar-refractivity contribution is 7.93.